The molecule has 10 nitrogen and oxygen atoms in total. The molecule has 14 fully saturated rings. The van der Waals surface area contributed by atoms with E-state index in [1.807, 2.05) is 24.3 Å². The number of ketones is 2. The van der Waals surface area contributed by atoms with Crippen molar-refractivity contribution in [2.24, 2.45) is 69.0 Å². The van der Waals surface area contributed by atoms with Gasteiger partial charge < -0.3 is 20.4 Å². The van der Waals surface area contributed by atoms with Gasteiger partial charge >= 0.3 is 5.09 Å². The topological polar surface area (TPSA) is 154 Å². The third-order valence-electron chi connectivity index (χ3n) is 20.8. The van der Waals surface area contributed by atoms with Gasteiger partial charge in [0, 0.05) is 58.5 Å². The molecule has 0 heterocycles. The number of phenols is 4. The quantitative estimate of drug-likeness (QED) is 0.171. The minimum atomic E-state index is -0.224. The summed E-state index contributed by atoms with van der Waals surface area (Å²) in [4.78, 5) is 51.7. The Bertz CT molecular complexity index is 2080. The highest BCUT2D eigenvalue weighted by atomic mass is 17.0. The summed E-state index contributed by atoms with van der Waals surface area (Å²) in [6, 6.07) is 7.55. The van der Waals surface area contributed by atoms with Crippen molar-refractivity contribution in [3.05, 3.63) is 51.4 Å². The van der Waals surface area contributed by atoms with Crippen LogP contribution in [0.4, 0.5) is 0 Å². The highest BCUT2D eigenvalue weighted by Gasteiger charge is 2.64. The summed E-state index contributed by atoms with van der Waals surface area (Å²) < 4.78 is 0. The van der Waals surface area contributed by atoms with E-state index in [1.54, 1.807) is 0 Å². The number of Topliss-reactive ketones (excluding diaryl/α,β-unsaturated/α-hetero) is 2. The molecule has 62 heavy (non-hydrogen) atoms. The molecule has 16 rings (SSSR count). The largest absolute Gasteiger partial charge is 0.508 e. The van der Waals surface area contributed by atoms with E-state index in [0.717, 1.165) is 101 Å². The molecule has 0 aliphatic heterocycles. The normalized spacial score (nSPS) is 44.5. The number of phenolic OH excluding ortho intramolecular Hbond substituents is 4. The number of nitrogens with zero attached hydrogens (tertiary/aromatic N) is 1. The summed E-state index contributed by atoms with van der Waals surface area (Å²) in [5.41, 5.74) is 1.90. The van der Waals surface area contributed by atoms with Crippen LogP contribution in [0, 0.1) is 73.9 Å². The molecule has 10 atom stereocenters. The highest BCUT2D eigenvalue weighted by Crippen LogP contribution is 2.70. The number of carbonyl (C=O) groups excluding carboxylic acids is 2. The zero-order valence-corrected chi connectivity index (χ0v) is 37.1. The lowest BCUT2D eigenvalue weighted by molar-refractivity contribution is -0.984. The van der Waals surface area contributed by atoms with Crippen LogP contribution < -0.4 is 0 Å². The number of benzene rings is 2. The van der Waals surface area contributed by atoms with E-state index in [1.165, 1.54) is 0 Å². The van der Waals surface area contributed by atoms with Gasteiger partial charge in [-0.3, -0.25) is 9.59 Å². The SMILES string of the molecule is CC1(C)[C@@H]2C[C@@H]1[C@H](c1c(O)cc(C34CC5CC(CC(CO[N+](=O)OCC67CC8CC(C6)CC(c6cc(O)c([C@@H]9CC(=O)[C@H]%10C[C@H]9C%10(C)C)c(O)c6)(C8)C7)(C5)C3)C4)cc1O)CC2=O. The van der Waals surface area contributed by atoms with Gasteiger partial charge in [0.05, 0.1) is 0 Å². The van der Waals surface area contributed by atoms with Gasteiger partial charge in [-0.15, -0.1) is 0 Å². The highest BCUT2D eigenvalue weighted by molar-refractivity contribution is 5.87. The van der Waals surface area contributed by atoms with Crippen LogP contribution in [0.15, 0.2) is 24.3 Å². The third kappa shape index (κ3) is 5.51. The molecule has 4 N–H and O–H groups in total. The molecular weight excluding hydrogens is 783 g/mol. The molecule has 332 valence electrons. The maximum absolute atomic E-state index is 13.6. The Morgan fingerprint density at radius 2 is 0.887 bits per heavy atom. The third-order valence-corrected chi connectivity index (χ3v) is 20.8. The van der Waals surface area contributed by atoms with Crippen LogP contribution in [0.2, 0.25) is 0 Å². The van der Waals surface area contributed by atoms with E-state index < -0.39 is 0 Å². The van der Waals surface area contributed by atoms with Crippen molar-refractivity contribution < 1.29 is 44.8 Å². The number of hydrogen-bond acceptors (Lipinski definition) is 9. The average Bonchev–Trinajstić information content (AvgIpc) is 3.17. The van der Waals surface area contributed by atoms with Gasteiger partial charge in [0.1, 0.15) is 39.5 Å². The molecule has 2 aromatic carbocycles. The predicted octanol–water partition coefficient (Wildman–Crippen LogP) is 9.96. The fourth-order valence-corrected chi connectivity index (χ4v) is 18.9. The minimum Gasteiger partial charge on any atom is -0.508 e. The maximum Gasteiger partial charge on any atom is 0.477 e. The van der Waals surface area contributed by atoms with Crippen molar-refractivity contribution in [1.29, 1.82) is 0 Å². The predicted molar refractivity (Wildman–Crippen MR) is 228 cm³/mol. The summed E-state index contributed by atoms with van der Waals surface area (Å²) in [5, 5.41) is 46.8. The number of fused-ring (bicyclic) bond motifs is 4. The van der Waals surface area contributed by atoms with E-state index in [9.17, 15) is 34.9 Å². The standard InChI is InChI=1S/C52H65NO9/c1-47(2)35-13-37(47)39(54)11-33(35)45-41(56)7-31(8-42(45)57)51-19-27-5-28(20-51)16-49(15-27,23-51)25-61-53(60)62-26-50-17-29-6-30(18-50)22-52(21-29,24-50)32-9-43(58)46(44(59)10-32)34-12-40(55)38-14-36(34)48(38,3)4/h7-10,27-30,33-38H,5-6,11-26H2,1-4H3,(H3-,56,57,58,59)/p+1/t27?,28?,29?,30?,33-,34-,35-,36-,37-,38-,49?,50?,51?,52?/m1/s1. The Hall–Kier alpha value is -3.82. The van der Waals surface area contributed by atoms with E-state index in [4.69, 9.17) is 9.68 Å². The lowest BCUT2D eigenvalue weighted by Gasteiger charge is -2.62. The molecule has 0 saturated heterocycles. The Morgan fingerprint density at radius 1 is 0.548 bits per heavy atom. The Kier molecular flexibility index (Phi) is 8.15. The second-order valence-corrected chi connectivity index (χ2v) is 25.1. The molecule has 12 bridgehead atoms. The summed E-state index contributed by atoms with van der Waals surface area (Å²) in [5.74, 6) is 3.15. The molecule has 14 aliphatic rings. The zero-order valence-electron chi connectivity index (χ0n) is 37.1. The maximum atomic E-state index is 13.6. The minimum absolute atomic E-state index is 0.0823. The first-order chi connectivity index (χ1) is 29.3. The molecule has 4 unspecified atom stereocenters. The first-order valence-electron chi connectivity index (χ1n) is 24.2. The average molecular weight is 849 g/mol. The Balaban J connectivity index is 0.734. The van der Waals surface area contributed by atoms with Crippen LogP contribution in [-0.4, -0.2) is 50.3 Å². The van der Waals surface area contributed by atoms with Gasteiger partial charge in [0.25, 0.3) is 0 Å². The van der Waals surface area contributed by atoms with Crippen LogP contribution in [0.3, 0.4) is 0 Å². The second-order valence-electron chi connectivity index (χ2n) is 25.1. The number of carbonyl (C=O) groups is 2. The molecule has 0 aromatic heterocycles. The molecule has 0 amide bonds. The first-order valence-corrected chi connectivity index (χ1v) is 24.2. The first kappa shape index (κ1) is 39.7. The lowest BCUT2D eigenvalue weighted by atomic mass is 9.43. The summed E-state index contributed by atoms with van der Waals surface area (Å²) >= 11 is 0. The number of rotatable bonds is 10. The summed E-state index contributed by atoms with van der Waals surface area (Å²) in [7, 11) is 0. The van der Waals surface area contributed by atoms with Gasteiger partial charge in [-0.25, -0.2) is 0 Å². The molecule has 10 heteroatoms. The van der Waals surface area contributed by atoms with Crippen molar-refractivity contribution >= 4 is 11.6 Å². The fraction of sp³-hybridized carbons (Fsp3) is 0.731. The van der Waals surface area contributed by atoms with Gasteiger partial charge in [0.15, 0.2) is 13.2 Å². The van der Waals surface area contributed by atoms with Gasteiger partial charge in [-0.2, -0.15) is 9.68 Å². The molecule has 14 aliphatic carbocycles. The molecule has 14 saturated carbocycles. The van der Waals surface area contributed by atoms with Crippen molar-refractivity contribution in [2.45, 2.75) is 153 Å². The summed E-state index contributed by atoms with van der Waals surface area (Å²) in [6.07, 6.45) is 14.3. The molecule has 0 radical (unpaired) electrons. The second kappa shape index (κ2) is 12.7. The zero-order chi connectivity index (χ0) is 43.1. The van der Waals surface area contributed by atoms with Crippen molar-refractivity contribution in [3.63, 3.8) is 0 Å². The molecule has 2 aromatic rings. The molecule has 0 spiro atoms. The monoisotopic (exact) mass is 848 g/mol. The van der Waals surface area contributed by atoms with Crippen molar-refractivity contribution in [3.8, 4) is 23.0 Å². The summed E-state index contributed by atoms with van der Waals surface area (Å²) in [6.45, 7) is 9.12. The Morgan fingerprint density at radius 3 is 1.19 bits per heavy atom. The van der Waals surface area contributed by atoms with Gasteiger partial charge in [-0.05, 0) is 182 Å². The van der Waals surface area contributed by atoms with E-state index in [2.05, 4.69) is 27.7 Å². The van der Waals surface area contributed by atoms with Crippen LogP contribution in [0.5, 0.6) is 23.0 Å². The van der Waals surface area contributed by atoms with Crippen LogP contribution >= 0.6 is 0 Å². The number of hydrogen-bond donors (Lipinski definition) is 4. The lowest BCUT2D eigenvalue weighted by Crippen LogP contribution is -2.56. The van der Waals surface area contributed by atoms with Gasteiger partial charge in [-0.1, -0.05) is 27.7 Å². The Labute approximate surface area is 365 Å². The van der Waals surface area contributed by atoms with Crippen molar-refractivity contribution in [2.75, 3.05) is 13.2 Å². The van der Waals surface area contributed by atoms with Crippen LogP contribution in [0.25, 0.3) is 0 Å². The van der Waals surface area contributed by atoms with Crippen molar-refractivity contribution in [1.82, 2.24) is 0 Å². The smallest absolute Gasteiger partial charge is 0.477 e. The van der Waals surface area contributed by atoms with Crippen LogP contribution in [-0.2, 0) is 30.1 Å². The van der Waals surface area contributed by atoms with Crippen LogP contribution in [0.1, 0.15) is 165 Å². The van der Waals surface area contributed by atoms with Gasteiger partial charge in [0.2, 0.25) is 0 Å². The fourth-order valence-electron chi connectivity index (χ4n) is 18.9. The van der Waals surface area contributed by atoms with E-state index in [-0.39, 0.29) is 116 Å². The van der Waals surface area contributed by atoms with E-state index >= 15 is 0 Å². The number of aromatic hydroxyl groups is 4. The van der Waals surface area contributed by atoms with E-state index in [0.29, 0.717) is 52.7 Å². The molecular formula is C52H66NO9+.